The van der Waals surface area contributed by atoms with E-state index in [-0.39, 0.29) is 6.04 Å². The molecule has 2 aromatic rings. The van der Waals surface area contributed by atoms with E-state index in [9.17, 15) is 0 Å². The number of nitrogens with zero attached hydrogens (tertiary/aromatic N) is 3. The Morgan fingerprint density at radius 1 is 1.20 bits per heavy atom. The van der Waals surface area contributed by atoms with Gasteiger partial charge in [-0.25, -0.2) is 4.98 Å². The minimum absolute atomic E-state index is 0.0456. The van der Waals surface area contributed by atoms with E-state index in [1.54, 1.807) is 0 Å². The van der Waals surface area contributed by atoms with Crippen molar-refractivity contribution in [3.63, 3.8) is 0 Å². The van der Waals surface area contributed by atoms with Crippen LogP contribution < -0.4 is 10.6 Å². The van der Waals surface area contributed by atoms with Gasteiger partial charge in [-0.15, -0.1) is 5.10 Å². The number of nitrogens with one attached hydrogen (secondary N) is 2. The average Bonchev–Trinajstić information content (AvgIpc) is 3.01. The van der Waals surface area contributed by atoms with E-state index in [2.05, 4.69) is 32.7 Å². The Hall–Kier alpha value is -1.89. The van der Waals surface area contributed by atoms with Crippen LogP contribution in [0.4, 0.5) is 6.01 Å². The molecule has 2 rings (SSSR count). The highest BCUT2D eigenvalue weighted by Gasteiger charge is 2.13. The van der Waals surface area contributed by atoms with E-state index in [1.165, 1.54) is 0 Å². The van der Waals surface area contributed by atoms with Crippen LogP contribution in [0.2, 0.25) is 0 Å². The molecule has 110 valence electrons. The number of oxazole rings is 1. The fourth-order valence-electron chi connectivity index (χ4n) is 1.70. The molecule has 2 N–H and O–H groups in total. The molecule has 0 bridgehead atoms. The molecule has 0 spiro atoms. The van der Waals surface area contributed by atoms with Gasteiger partial charge in [-0.05, 0) is 33.7 Å². The molecule has 2 aromatic heterocycles. The van der Waals surface area contributed by atoms with Gasteiger partial charge in [0, 0.05) is 0 Å². The lowest BCUT2D eigenvalue weighted by atomic mass is 10.3. The molecular formula is C13H21N5O2. The number of hydrogen-bond donors (Lipinski definition) is 2. The maximum atomic E-state index is 5.54. The molecule has 1 atom stereocenters. The monoisotopic (exact) mass is 279 g/mol. The van der Waals surface area contributed by atoms with Gasteiger partial charge >= 0.3 is 6.01 Å². The van der Waals surface area contributed by atoms with Crippen molar-refractivity contribution in [2.75, 3.05) is 11.9 Å². The number of aryl methyl sites for hydroxylation is 2. The van der Waals surface area contributed by atoms with E-state index >= 15 is 0 Å². The molecule has 0 radical (unpaired) electrons. The van der Waals surface area contributed by atoms with Gasteiger partial charge in [0.25, 0.3) is 0 Å². The van der Waals surface area contributed by atoms with Crippen LogP contribution in [-0.2, 0) is 6.54 Å². The largest absolute Gasteiger partial charge is 0.444 e. The maximum absolute atomic E-state index is 5.54. The van der Waals surface area contributed by atoms with Gasteiger partial charge in [-0.1, -0.05) is 12.0 Å². The quantitative estimate of drug-likeness (QED) is 0.804. The first kappa shape index (κ1) is 14.5. The molecule has 0 amide bonds. The van der Waals surface area contributed by atoms with Crippen molar-refractivity contribution >= 4 is 6.01 Å². The van der Waals surface area contributed by atoms with Gasteiger partial charge in [0.05, 0.1) is 18.3 Å². The standard InChI is InChI=1S/C13H21N5O2/c1-5-6-14-9(3)12-17-18-13(20-12)15-7-11-16-8(2)10(4)19-11/h9,14H,5-7H2,1-4H3,(H,15,18). The molecule has 1 unspecified atom stereocenters. The molecule has 0 aliphatic heterocycles. The SMILES string of the molecule is CCCNC(C)c1nnc(NCc2nc(C)c(C)o2)o1. The van der Waals surface area contributed by atoms with Crippen molar-refractivity contribution in [2.45, 2.75) is 46.7 Å². The second kappa shape index (κ2) is 6.51. The van der Waals surface area contributed by atoms with Crippen molar-refractivity contribution in [1.82, 2.24) is 20.5 Å². The van der Waals surface area contributed by atoms with Gasteiger partial charge in [0.1, 0.15) is 5.76 Å². The lowest BCUT2D eigenvalue weighted by Crippen LogP contribution is -2.19. The Balaban J connectivity index is 1.89. The van der Waals surface area contributed by atoms with Gasteiger partial charge < -0.3 is 19.5 Å². The van der Waals surface area contributed by atoms with Crippen LogP contribution in [0.15, 0.2) is 8.83 Å². The molecule has 0 aliphatic carbocycles. The Kier molecular flexibility index (Phi) is 4.73. The highest BCUT2D eigenvalue weighted by molar-refractivity contribution is 5.18. The van der Waals surface area contributed by atoms with Crippen molar-refractivity contribution < 1.29 is 8.83 Å². The predicted molar refractivity (Wildman–Crippen MR) is 74.3 cm³/mol. The fraction of sp³-hybridized carbons (Fsp3) is 0.615. The van der Waals surface area contributed by atoms with E-state index < -0.39 is 0 Å². The minimum Gasteiger partial charge on any atom is -0.444 e. The number of anilines is 1. The second-order valence-corrected chi connectivity index (χ2v) is 4.72. The normalized spacial score (nSPS) is 12.6. The lowest BCUT2D eigenvalue weighted by Gasteiger charge is -2.07. The summed E-state index contributed by atoms with van der Waals surface area (Å²) in [4.78, 5) is 4.28. The second-order valence-electron chi connectivity index (χ2n) is 4.72. The Morgan fingerprint density at radius 2 is 2.00 bits per heavy atom. The summed E-state index contributed by atoms with van der Waals surface area (Å²) in [7, 11) is 0. The molecule has 20 heavy (non-hydrogen) atoms. The number of aromatic nitrogens is 3. The van der Waals surface area contributed by atoms with Crippen LogP contribution in [0.3, 0.4) is 0 Å². The summed E-state index contributed by atoms with van der Waals surface area (Å²) in [5, 5.41) is 14.3. The third-order valence-corrected chi connectivity index (χ3v) is 2.98. The zero-order valence-electron chi connectivity index (χ0n) is 12.4. The van der Waals surface area contributed by atoms with E-state index in [0.29, 0.717) is 24.3 Å². The van der Waals surface area contributed by atoms with Crippen LogP contribution in [0.25, 0.3) is 0 Å². The Morgan fingerprint density at radius 3 is 2.65 bits per heavy atom. The van der Waals surface area contributed by atoms with Crippen LogP contribution in [0.5, 0.6) is 0 Å². The molecule has 7 heteroatoms. The predicted octanol–water partition coefficient (Wildman–Crippen LogP) is 2.35. The molecule has 2 heterocycles. The minimum atomic E-state index is 0.0456. The van der Waals surface area contributed by atoms with E-state index in [1.807, 2.05) is 20.8 Å². The first-order valence-electron chi connectivity index (χ1n) is 6.83. The van der Waals surface area contributed by atoms with Gasteiger partial charge in [0.15, 0.2) is 0 Å². The molecule has 0 saturated heterocycles. The van der Waals surface area contributed by atoms with Gasteiger partial charge in [-0.2, -0.15) is 0 Å². The maximum Gasteiger partial charge on any atom is 0.315 e. The molecular weight excluding hydrogens is 258 g/mol. The summed E-state index contributed by atoms with van der Waals surface area (Å²) in [6, 6.07) is 0.419. The molecule has 0 fully saturated rings. The van der Waals surface area contributed by atoms with Gasteiger partial charge in [0.2, 0.25) is 11.8 Å². The zero-order chi connectivity index (χ0) is 14.5. The van der Waals surface area contributed by atoms with Crippen molar-refractivity contribution in [2.24, 2.45) is 0 Å². The summed E-state index contributed by atoms with van der Waals surface area (Å²) in [6.07, 6.45) is 1.06. The zero-order valence-corrected chi connectivity index (χ0v) is 12.4. The van der Waals surface area contributed by atoms with Crippen LogP contribution in [0.1, 0.15) is 49.5 Å². The molecule has 0 aromatic carbocycles. The number of hydrogen-bond acceptors (Lipinski definition) is 7. The van der Waals surface area contributed by atoms with Crippen molar-refractivity contribution in [1.29, 1.82) is 0 Å². The lowest BCUT2D eigenvalue weighted by molar-refractivity contribution is 0.420. The Labute approximate surface area is 118 Å². The topological polar surface area (TPSA) is 89.0 Å². The summed E-state index contributed by atoms with van der Waals surface area (Å²) in [6.45, 7) is 9.24. The van der Waals surface area contributed by atoms with Crippen LogP contribution in [0, 0.1) is 13.8 Å². The first-order valence-corrected chi connectivity index (χ1v) is 6.83. The average molecular weight is 279 g/mol. The summed E-state index contributed by atoms with van der Waals surface area (Å²) in [5.74, 6) is 2.00. The fourth-order valence-corrected chi connectivity index (χ4v) is 1.70. The number of rotatable bonds is 7. The molecule has 7 nitrogen and oxygen atoms in total. The van der Waals surface area contributed by atoms with E-state index in [0.717, 1.165) is 24.4 Å². The van der Waals surface area contributed by atoms with Crippen LogP contribution >= 0.6 is 0 Å². The highest BCUT2D eigenvalue weighted by Crippen LogP contribution is 2.15. The summed E-state index contributed by atoms with van der Waals surface area (Å²) < 4.78 is 11.0. The summed E-state index contributed by atoms with van der Waals surface area (Å²) >= 11 is 0. The summed E-state index contributed by atoms with van der Waals surface area (Å²) in [5.41, 5.74) is 0.894. The molecule has 0 saturated carbocycles. The van der Waals surface area contributed by atoms with Crippen LogP contribution in [-0.4, -0.2) is 21.7 Å². The first-order chi connectivity index (χ1) is 9.60. The van der Waals surface area contributed by atoms with Crippen molar-refractivity contribution in [3.05, 3.63) is 23.2 Å². The van der Waals surface area contributed by atoms with Gasteiger partial charge in [-0.3, -0.25) is 0 Å². The van der Waals surface area contributed by atoms with Crippen molar-refractivity contribution in [3.8, 4) is 0 Å². The third kappa shape index (κ3) is 3.57. The smallest absolute Gasteiger partial charge is 0.315 e. The molecule has 0 aliphatic rings. The highest BCUT2D eigenvalue weighted by atomic mass is 16.4. The third-order valence-electron chi connectivity index (χ3n) is 2.98. The Bertz CT molecular complexity index is 529. The van der Waals surface area contributed by atoms with E-state index in [4.69, 9.17) is 8.83 Å².